The number of benzene rings is 2. The lowest BCUT2D eigenvalue weighted by molar-refractivity contribution is 0.0671. The molecule has 1 saturated carbocycles. The van der Waals surface area contributed by atoms with Crippen molar-refractivity contribution in [2.75, 3.05) is 0 Å². The summed E-state index contributed by atoms with van der Waals surface area (Å²) in [5, 5.41) is 3.02. The summed E-state index contributed by atoms with van der Waals surface area (Å²) in [5.74, 6) is 0.961. The van der Waals surface area contributed by atoms with Crippen LogP contribution in [0.2, 0.25) is 5.02 Å². The van der Waals surface area contributed by atoms with Gasteiger partial charge in [0.1, 0.15) is 0 Å². The molecule has 110 valence electrons. The molecule has 2 unspecified atom stereocenters. The number of carbonyl (C=O) groups excluding carboxylic acids is 1. The van der Waals surface area contributed by atoms with Gasteiger partial charge in [-0.3, -0.25) is 4.79 Å². The molecular weight excluding hydrogens is 292 g/mol. The Morgan fingerprint density at radius 2 is 2.05 bits per heavy atom. The van der Waals surface area contributed by atoms with E-state index in [0.29, 0.717) is 11.7 Å². The molecule has 2 heteroatoms. The third kappa shape index (κ3) is 1.58. The van der Waals surface area contributed by atoms with Crippen molar-refractivity contribution >= 4 is 28.2 Å². The minimum absolute atomic E-state index is 0.0861. The fourth-order valence-electron chi connectivity index (χ4n) is 4.94. The highest BCUT2D eigenvalue weighted by Gasteiger charge is 2.53. The topological polar surface area (TPSA) is 17.1 Å². The fourth-order valence-corrected chi connectivity index (χ4v) is 5.12. The Labute approximate surface area is 135 Å². The van der Waals surface area contributed by atoms with Crippen LogP contribution in [0, 0.1) is 11.3 Å². The number of hydrogen-bond acceptors (Lipinski definition) is 1. The van der Waals surface area contributed by atoms with E-state index < -0.39 is 0 Å². The lowest BCUT2D eigenvalue weighted by atomic mass is 9.63. The van der Waals surface area contributed by atoms with Gasteiger partial charge in [-0.1, -0.05) is 35.4 Å². The van der Waals surface area contributed by atoms with Crippen molar-refractivity contribution in [1.82, 2.24) is 0 Å². The van der Waals surface area contributed by atoms with Crippen molar-refractivity contribution in [1.29, 1.82) is 0 Å². The van der Waals surface area contributed by atoms with Crippen LogP contribution in [-0.2, 0) is 6.42 Å². The second-order valence-electron chi connectivity index (χ2n) is 7.16. The molecule has 2 aromatic rings. The van der Waals surface area contributed by atoms with Crippen LogP contribution in [0.3, 0.4) is 0 Å². The molecule has 3 aliphatic rings. The predicted molar refractivity (Wildman–Crippen MR) is 89.5 cm³/mol. The smallest absolute Gasteiger partial charge is 0.169 e. The van der Waals surface area contributed by atoms with Crippen molar-refractivity contribution in [3.63, 3.8) is 0 Å². The van der Waals surface area contributed by atoms with Gasteiger partial charge in [0, 0.05) is 16.0 Å². The highest BCUT2D eigenvalue weighted by molar-refractivity contribution is 6.31. The Morgan fingerprint density at radius 3 is 2.82 bits per heavy atom. The molecule has 0 aliphatic heterocycles. The van der Waals surface area contributed by atoms with E-state index in [9.17, 15) is 4.79 Å². The second kappa shape index (κ2) is 4.23. The first kappa shape index (κ1) is 12.9. The molecule has 1 fully saturated rings. The molecule has 0 heterocycles. The average molecular weight is 309 g/mol. The van der Waals surface area contributed by atoms with Gasteiger partial charge in [-0.25, -0.2) is 0 Å². The summed E-state index contributed by atoms with van der Waals surface area (Å²) < 4.78 is 0. The Morgan fingerprint density at radius 1 is 1.14 bits per heavy atom. The van der Waals surface area contributed by atoms with Crippen molar-refractivity contribution in [3.05, 3.63) is 58.1 Å². The third-order valence-electron chi connectivity index (χ3n) is 6.09. The number of halogens is 1. The van der Waals surface area contributed by atoms with E-state index in [4.69, 9.17) is 11.6 Å². The summed E-state index contributed by atoms with van der Waals surface area (Å²) >= 11 is 6.10. The first-order valence-electron chi connectivity index (χ1n) is 8.11. The normalized spacial score (nSPS) is 29.2. The zero-order chi connectivity index (χ0) is 14.9. The molecule has 1 nitrogen and oxygen atoms in total. The van der Waals surface area contributed by atoms with Gasteiger partial charge in [0.05, 0.1) is 0 Å². The van der Waals surface area contributed by atoms with Crippen LogP contribution in [0.5, 0.6) is 0 Å². The number of carbonyl (C=O) groups is 1. The van der Waals surface area contributed by atoms with Crippen LogP contribution < -0.4 is 0 Å². The van der Waals surface area contributed by atoms with E-state index in [0.717, 1.165) is 53.5 Å². The van der Waals surface area contributed by atoms with Crippen LogP contribution >= 0.6 is 11.6 Å². The molecule has 22 heavy (non-hydrogen) atoms. The van der Waals surface area contributed by atoms with Crippen LogP contribution in [0.4, 0.5) is 0 Å². The molecule has 1 spiro atoms. The highest BCUT2D eigenvalue weighted by atomic mass is 35.5. The van der Waals surface area contributed by atoms with Crippen LogP contribution in [-0.4, -0.2) is 5.78 Å². The third-order valence-corrected chi connectivity index (χ3v) is 6.32. The van der Waals surface area contributed by atoms with Gasteiger partial charge in [-0.05, 0) is 72.6 Å². The number of fused-ring (bicyclic) bond motifs is 5. The van der Waals surface area contributed by atoms with Gasteiger partial charge < -0.3 is 0 Å². The fraction of sp³-hybridized carbons (Fsp3) is 0.350. The van der Waals surface area contributed by atoms with Gasteiger partial charge in [0.25, 0.3) is 0 Å². The van der Waals surface area contributed by atoms with Crippen LogP contribution in [0.15, 0.2) is 42.0 Å². The number of Topliss-reactive ketones (excluding diaryl/α,β-unsaturated/α-hetero) is 1. The highest BCUT2D eigenvalue weighted by Crippen LogP contribution is 2.58. The number of ketones is 1. The average Bonchev–Trinajstić information content (AvgIpc) is 3.11. The van der Waals surface area contributed by atoms with Crippen LogP contribution in [0.1, 0.15) is 41.6 Å². The molecule has 0 radical (unpaired) electrons. The molecule has 5 rings (SSSR count). The van der Waals surface area contributed by atoms with Crippen molar-refractivity contribution in [2.24, 2.45) is 11.3 Å². The van der Waals surface area contributed by atoms with E-state index in [-0.39, 0.29) is 5.41 Å². The largest absolute Gasteiger partial charge is 0.294 e. The van der Waals surface area contributed by atoms with Gasteiger partial charge in [0.2, 0.25) is 0 Å². The van der Waals surface area contributed by atoms with Gasteiger partial charge in [0.15, 0.2) is 5.78 Å². The minimum atomic E-state index is -0.0861. The monoisotopic (exact) mass is 308 g/mol. The zero-order valence-electron chi connectivity index (χ0n) is 12.4. The summed E-state index contributed by atoms with van der Waals surface area (Å²) in [5.41, 5.74) is 3.61. The Hall–Kier alpha value is -1.60. The summed E-state index contributed by atoms with van der Waals surface area (Å²) in [7, 11) is 0. The molecular formula is C20H17ClO. The lowest BCUT2D eigenvalue weighted by Crippen LogP contribution is -2.39. The maximum Gasteiger partial charge on any atom is 0.169 e. The maximum absolute atomic E-state index is 13.3. The molecule has 2 aromatic carbocycles. The van der Waals surface area contributed by atoms with Crippen molar-refractivity contribution in [2.45, 2.75) is 32.1 Å². The number of rotatable bonds is 0. The number of aryl methyl sites for hydroxylation is 1. The van der Waals surface area contributed by atoms with Crippen molar-refractivity contribution in [3.8, 4) is 0 Å². The van der Waals surface area contributed by atoms with E-state index in [1.807, 2.05) is 18.2 Å². The lowest BCUT2D eigenvalue weighted by Gasteiger charge is -2.38. The van der Waals surface area contributed by atoms with Crippen molar-refractivity contribution < 1.29 is 4.79 Å². The quantitative estimate of drug-likeness (QED) is 0.600. The summed E-state index contributed by atoms with van der Waals surface area (Å²) in [4.78, 5) is 13.3. The van der Waals surface area contributed by atoms with E-state index in [1.54, 1.807) is 0 Å². The summed E-state index contributed by atoms with van der Waals surface area (Å²) in [6, 6.07) is 10.2. The molecule has 0 aromatic heterocycles. The Balaban J connectivity index is 1.67. The van der Waals surface area contributed by atoms with Gasteiger partial charge >= 0.3 is 0 Å². The van der Waals surface area contributed by atoms with E-state index in [1.165, 1.54) is 11.1 Å². The van der Waals surface area contributed by atoms with Gasteiger partial charge in [-0.2, -0.15) is 0 Å². The minimum Gasteiger partial charge on any atom is -0.294 e. The molecule has 0 saturated heterocycles. The molecule has 3 aliphatic carbocycles. The van der Waals surface area contributed by atoms with E-state index >= 15 is 0 Å². The van der Waals surface area contributed by atoms with Gasteiger partial charge in [-0.15, -0.1) is 0 Å². The molecule has 0 N–H and O–H groups in total. The molecule has 2 atom stereocenters. The standard InChI is InChI=1S/C20H17ClO/c21-17-4-2-13-10-18-14(8-15(13)9-17)5-6-20(19(18)22)11-12-1-3-16(20)7-12/h1-2,4,8-10,16H,3,5-7,11H2. The van der Waals surface area contributed by atoms with Crippen LogP contribution in [0.25, 0.3) is 10.8 Å². The van der Waals surface area contributed by atoms with E-state index in [2.05, 4.69) is 18.2 Å². The Bertz CT molecular complexity index is 863. The molecule has 2 bridgehead atoms. The summed E-state index contributed by atoms with van der Waals surface area (Å²) in [6.07, 6.45) is 7.68. The first-order valence-corrected chi connectivity index (χ1v) is 8.48. The second-order valence-corrected chi connectivity index (χ2v) is 7.60. The maximum atomic E-state index is 13.3. The predicted octanol–water partition coefficient (Wildman–Crippen LogP) is 5.35. The number of hydrogen-bond donors (Lipinski definition) is 0. The SMILES string of the molecule is O=C1c2cc3ccc(Cl)cc3cc2CCC12CC1=CCC2C1. The number of allylic oxidation sites excluding steroid dienone is 2. The Kier molecular flexibility index (Phi) is 2.48. The molecule has 0 amide bonds. The first-order chi connectivity index (χ1) is 10.7. The zero-order valence-corrected chi connectivity index (χ0v) is 13.1. The summed E-state index contributed by atoms with van der Waals surface area (Å²) in [6.45, 7) is 0.